The normalized spacial score (nSPS) is 10.0. The fraction of sp³-hybridized carbons (Fsp3) is 0.333. The molecule has 0 bridgehead atoms. The van der Waals surface area contributed by atoms with Crippen molar-refractivity contribution < 1.29 is 10.2 Å². The average molecular weight is 152 g/mol. The van der Waals surface area contributed by atoms with E-state index < -0.39 is 0 Å². The molecule has 0 amide bonds. The van der Waals surface area contributed by atoms with E-state index in [2.05, 4.69) is 0 Å². The highest BCUT2D eigenvalue weighted by Gasteiger charge is 1.91. The summed E-state index contributed by atoms with van der Waals surface area (Å²) >= 11 is 0. The van der Waals surface area contributed by atoms with Crippen molar-refractivity contribution in [2.24, 2.45) is 0 Å². The predicted octanol–water partition coefficient (Wildman–Crippen LogP) is 0.714. The van der Waals surface area contributed by atoms with Crippen molar-refractivity contribution in [3.8, 4) is 0 Å². The molecule has 0 saturated carbocycles. The van der Waals surface area contributed by atoms with Crippen LogP contribution in [0.4, 0.5) is 0 Å². The van der Waals surface area contributed by atoms with Crippen LogP contribution in [0.25, 0.3) is 0 Å². The van der Waals surface area contributed by atoms with Gasteiger partial charge in [0.15, 0.2) is 0 Å². The Hall–Kier alpha value is -0.860. The van der Waals surface area contributed by atoms with Gasteiger partial charge in [0.1, 0.15) is 0 Å². The van der Waals surface area contributed by atoms with E-state index in [9.17, 15) is 0 Å². The second-order valence-electron chi connectivity index (χ2n) is 2.45. The SMILES string of the molecule is OCCc1ccc(CO)cc1. The minimum absolute atomic E-state index is 0.0827. The van der Waals surface area contributed by atoms with Crippen molar-refractivity contribution in [2.75, 3.05) is 6.61 Å². The zero-order valence-electron chi connectivity index (χ0n) is 6.33. The number of aliphatic hydroxyl groups excluding tert-OH is 2. The monoisotopic (exact) mass is 152 g/mol. The summed E-state index contributed by atoms with van der Waals surface area (Å²) in [7, 11) is 0. The van der Waals surface area contributed by atoms with Crippen LogP contribution in [0.2, 0.25) is 0 Å². The van der Waals surface area contributed by atoms with Gasteiger partial charge in [-0.25, -0.2) is 0 Å². The molecule has 60 valence electrons. The summed E-state index contributed by atoms with van der Waals surface area (Å²) in [6, 6.07) is 7.57. The van der Waals surface area contributed by atoms with Crippen LogP contribution >= 0.6 is 0 Å². The van der Waals surface area contributed by atoms with Gasteiger partial charge in [0, 0.05) is 6.61 Å². The Morgan fingerprint density at radius 3 is 1.91 bits per heavy atom. The van der Waals surface area contributed by atoms with Gasteiger partial charge in [-0.1, -0.05) is 24.3 Å². The maximum atomic E-state index is 8.71. The molecule has 2 N–H and O–H groups in total. The first kappa shape index (κ1) is 8.24. The van der Waals surface area contributed by atoms with Crippen LogP contribution in [0.1, 0.15) is 11.1 Å². The summed E-state index contributed by atoms with van der Waals surface area (Å²) < 4.78 is 0. The Morgan fingerprint density at radius 2 is 1.45 bits per heavy atom. The lowest BCUT2D eigenvalue weighted by Crippen LogP contribution is -1.90. The number of hydrogen-bond acceptors (Lipinski definition) is 2. The molecule has 0 aromatic heterocycles. The molecule has 2 heteroatoms. The van der Waals surface area contributed by atoms with Gasteiger partial charge in [-0.3, -0.25) is 0 Å². The maximum Gasteiger partial charge on any atom is 0.0681 e. The molecule has 0 heterocycles. The predicted molar refractivity (Wildman–Crippen MR) is 43.2 cm³/mol. The van der Waals surface area contributed by atoms with Gasteiger partial charge in [0.05, 0.1) is 6.61 Å². The van der Waals surface area contributed by atoms with Crippen molar-refractivity contribution in [3.63, 3.8) is 0 Å². The van der Waals surface area contributed by atoms with Crippen LogP contribution in [0.3, 0.4) is 0 Å². The van der Waals surface area contributed by atoms with Gasteiger partial charge in [-0.05, 0) is 17.5 Å². The average Bonchev–Trinajstić information content (AvgIpc) is 2.07. The third-order valence-electron chi connectivity index (χ3n) is 1.61. The van der Waals surface area contributed by atoms with E-state index in [-0.39, 0.29) is 13.2 Å². The van der Waals surface area contributed by atoms with E-state index in [1.165, 1.54) is 0 Å². The highest BCUT2D eigenvalue weighted by atomic mass is 16.3. The van der Waals surface area contributed by atoms with Gasteiger partial charge in [-0.2, -0.15) is 0 Å². The molecule has 1 aromatic rings. The molecule has 0 unspecified atom stereocenters. The number of benzene rings is 1. The Morgan fingerprint density at radius 1 is 0.909 bits per heavy atom. The number of rotatable bonds is 3. The van der Waals surface area contributed by atoms with Crippen molar-refractivity contribution >= 4 is 0 Å². The Labute approximate surface area is 66.1 Å². The second kappa shape index (κ2) is 4.11. The van der Waals surface area contributed by atoms with Crippen molar-refractivity contribution in [1.29, 1.82) is 0 Å². The summed E-state index contributed by atoms with van der Waals surface area (Å²) in [4.78, 5) is 0. The van der Waals surface area contributed by atoms with E-state index in [0.717, 1.165) is 11.1 Å². The lowest BCUT2D eigenvalue weighted by atomic mass is 10.1. The Balaban J connectivity index is 2.66. The summed E-state index contributed by atoms with van der Waals surface area (Å²) in [5, 5.41) is 17.3. The van der Waals surface area contributed by atoms with Crippen LogP contribution < -0.4 is 0 Å². The zero-order valence-corrected chi connectivity index (χ0v) is 6.33. The summed E-state index contributed by atoms with van der Waals surface area (Å²) in [5.41, 5.74) is 2.01. The van der Waals surface area contributed by atoms with Gasteiger partial charge in [-0.15, -0.1) is 0 Å². The van der Waals surface area contributed by atoms with E-state index >= 15 is 0 Å². The van der Waals surface area contributed by atoms with Gasteiger partial charge in [0.2, 0.25) is 0 Å². The fourth-order valence-corrected chi connectivity index (χ4v) is 0.940. The molecule has 0 aliphatic rings. The van der Waals surface area contributed by atoms with Crippen LogP contribution in [0.15, 0.2) is 24.3 Å². The largest absolute Gasteiger partial charge is 0.396 e. The van der Waals surface area contributed by atoms with Gasteiger partial charge >= 0.3 is 0 Å². The highest BCUT2D eigenvalue weighted by Crippen LogP contribution is 2.04. The summed E-state index contributed by atoms with van der Waals surface area (Å²) in [5.74, 6) is 0. The van der Waals surface area contributed by atoms with Gasteiger partial charge < -0.3 is 10.2 Å². The molecule has 0 aliphatic carbocycles. The van der Waals surface area contributed by atoms with Crippen LogP contribution in [-0.2, 0) is 13.0 Å². The number of hydrogen-bond donors (Lipinski definition) is 2. The first-order valence-electron chi connectivity index (χ1n) is 3.66. The molecule has 11 heavy (non-hydrogen) atoms. The zero-order chi connectivity index (χ0) is 8.10. The Bertz CT molecular complexity index is 203. The first-order chi connectivity index (χ1) is 5.36. The fourth-order valence-electron chi connectivity index (χ4n) is 0.940. The Kier molecular flexibility index (Phi) is 3.08. The molecule has 0 radical (unpaired) electrons. The van der Waals surface area contributed by atoms with Gasteiger partial charge in [0.25, 0.3) is 0 Å². The standard InChI is InChI=1S/C9H12O2/c10-6-5-8-1-3-9(7-11)4-2-8/h1-4,10-11H,5-7H2. The van der Waals surface area contributed by atoms with E-state index in [1.807, 2.05) is 24.3 Å². The highest BCUT2D eigenvalue weighted by molar-refractivity contribution is 5.21. The molecule has 2 nitrogen and oxygen atoms in total. The topological polar surface area (TPSA) is 40.5 Å². The summed E-state index contributed by atoms with van der Waals surface area (Å²) in [6.45, 7) is 0.262. The molecule has 0 spiro atoms. The first-order valence-corrected chi connectivity index (χ1v) is 3.66. The van der Waals surface area contributed by atoms with Crippen molar-refractivity contribution in [2.45, 2.75) is 13.0 Å². The molecule has 0 aliphatic heterocycles. The van der Waals surface area contributed by atoms with E-state index in [4.69, 9.17) is 10.2 Å². The third kappa shape index (κ3) is 2.33. The molecule has 1 aromatic carbocycles. The minimum Gasteiger partial charge on any atom is -0.396 e. The molecule has 0 fully saturated rings. The van der Waals surface area contributed by atoms with Crippen LogP contribution in [0.5, 0.6) is 0 Å². The lowest BCUT2D eigenvalue weighted by Gasteiger charge is -1.98. The third-order valence-corrected chi connectivity index (χ3v) is 1.61. The molecule has 1 rings (SSSR count). The van der Waals surface area contributed by atoms with Crippen LogP contribution in [0, 0.1) is 0 Å². The smallest absolute Gasteiger partial charge is 0.0681 e. The molecular formula is C9H12O2. The maximum absolute atomic E-state index is 8.71. The van der Waals surface area contributed by atoms with Crippen LogP contribution in [-0.4, -0.2) is 16.8 Å². The molecule has 0 saturated heterocycles. The quantitative estimate of drug-likeness (QED) is 0.669. The van der Waals surface area contributed by atoms with Crippen molar-refractivity contribution in [1.82, 2.24) is 0 Å². The molecular weight excluding hydrogens is 140 g/mol. The minimum atomic E-state index is 0.0827. The molecule has 0 atom stereocenters. The van der Waals surface area contributed by atoms with Crippen molar-refractivity contribution in [3.05, 3.63) is 35.4 Å². The number of aliphatic hydroxyl groups is 2. The van der Waals surface area contributed by atoms with E-state index in [1.54, 1.807) is 0 Å². The van der Waals surface area contributed by atoms with E-state index in [0.29, 0.717) is 6.42 Å². The second-order valence-corrected chi connectivity index (χ2v) is 2.45. The lowest BCUT2D eigenvalue weighted by molar-refractivity contribution is 0.281. The summed E-state index contributed by atoms with van der Waals surface area (Å²) in [6.07, 6.45) is 0.686.